The quantitative estimate of drug-likeness (QED) is 0.780. The molecule has 7 heteroatoms. The van der Waals surface area contributed by atoms with Crippen LogP contribution in [0.1, 0.15) is 25.7 Å². The molecule has 0 saturated carbocycles. The molecule has 3 rings (SSSR count). The predicted molar refractivity (Wildman–Crippen MR) is 72.1 cm³/mol. The van der Waals surface area contributed by atoms with E-state index in [2.05, 4.69) is 9.62 Å². The van der Waals surface area contributed by atoms with Gasteiger partial charge in [-0.25, -0.2) is 0 Å². The standard InChI is InChI=1S/C12H23N3O3S/c16-19(17,15-7-9-18-10-8-15)13-11-4-6-14-5-2-1-3-12(11)14/h11-13H,1-10H2/t11-,12-/m0/s1. The number of hydrogen-bond acceptors (Lipinski definition) is 4. The fourth-order valence-electron chi connectivity index (χ4n) is 3.44. The minimum atomic E-state index is -3.34. The highest BCUT2D eigenvalue weighted by atomic mass is 32.2. The van der Waals surface area contributed by atoms with Gasteiger partial charge in [-0.05, 0) is 25.8 Å². The Labute approximate surface area is 115 Å². The van der Waals surface area contributed by atoms with Crippen molar-refractivity contribution in [3.63, 3.8) is 0 Å². The SMILES string of the molecule is O=S(=O)(N[C@H]1CCN2CCCC[C@@H]12)N1CCOCC1. The van der Waals surface area contributed by atoms with Gasteiger partial charge in [-0.1, -0.05) is 6.42 Å². The van der Waals surface area contributed by atoms with Gasteiger partial charge in [-0.3, -0.25) is 4.90 Å². The van der Waals surface area contributed by atoms with Crippen molar-refractivity contribution in [1.29, 1.82) is 0 Å². The number of fused-ring (bicyclic) bond motifs is 1. The van der Waals surface area contributed by atoms with Gasteiger partial charge in [0.25, 0.3) is 10.2 Å². The van der Waals surface area contributed by atoms with Crippen molar-refractivity contribution >= 4 is 10.2 Å². The third-order valence-corrected chi connectivity index (χ3v) is 6.11. The maximum Gasteiger partial charge on any atom is 0.279 e. The summed E-state index contributed by atoms with van der Waals surface area (Å²) in [5.74, 6) is 0. The van der Waals surface area contributed by atoms with Gasteiger partial charge in [0.05, 0.1) is 13.2 Å². The average Bonchev–Trinajstić information content (AvgIpc) is 2.83. The highest BCUT2D eigenvalue weighted by Gasteiger charge is 2.38. The van der Waals surface area contributed by atoms with E-state index in [1.165, 1.54) is 17.1 Å². The number of piperidine rings is 1. The molecule has 2 atom stereocenters. The van der Waals surface area contributed by atoms with E-state index in [0.29, 0.717) is 32.3 Å². The summed E-state index contributed by atoms with van der Waals surface area (Å²) in [6.07, 6.45) is 4.53. The van der Waals surface area contributed by atoms with E-state index in [0.717, 1.165) is 25.9 Å². The summed E-state index contributed by atoms with van der Waals surface area (Å²) in [6, 6.07) is 0.498. The third-order valence-electron chi connectivity index (χ3n) is 4.47. The smallest absolute Gasteiger partial charge is 0.279 e. The summed E-state index contributed by atoms with van der Waals surface area (Å²) in [5, 5.41) is 0. The molecule has 0 unspecified atom stereocenters. The number of ether oxygens (including phenoxy) is 1. The van der Waals surface area contributed by atoms with Gasteiger partial charge in [0.2, 0.25) is 0 Å². The van der Waals surface area contributed by atoms with Gasteiger partial charge in [0.15, 0.2) is 0 Å². The average molecular weight is 289 g/mol. The van der Waals surface area contributed by atoms with Crippen LogP contribution in [0.3, 0.4) is 0 Å². The number of hydrogen-bond donors (Lipinski definition) is 1. The van der Waals surface area contributed by atoms with Crippen molar-refractivity contribution in [2.75, 3.05) is 39.4 Å². The zero-order valence-corrected chi connectivity index (χ0v) is 12.1. The van der Waals surface area contributed by atoms with Crippen LogP contribution in [-0.4, -0.2) is 69.1 Å². The molecule has 0 spiro atoms. The van der Waals surface area contributed by atoms with Crippen LogP contribution in [0.15, 0.2) is 0 Å². The Bertz CT molecular complexity index is 408. The van der Waals surface area contributed by atoms with E-state index in [9.17, 15) is 8.42 Å². The fourth-order valence-corrected chi connectivity index (χ4v) is 4.87. The molecule has 0 radical (unpaired) electrons. The Balaban J connectivity index is 1.63. The van der Waals surface area contributed by atoms with Gasteiger partial charge < -0.3 is 4.74 Å². The molecule has 0 aromatic rings. The maximum absolute atomic E-state index is 12.4. The van der Waals surface area contributed by atoms with Crippen molar-refractivity contribution in [2.45, 2.75) is 37.8 Å². The Morgan fingerprint density at radius 1 is 1.00 bits per heavy atom. The van der Waals surface area contributed by atoms with Crippen molar-refractivity contribution in [2.24, 2.45) is 0 Å². The van der Waals surface area contributed by atoms with E-state index in [1.54, 1.807) is 0 Å². The van der Waals surface area contributed by atoms with E-state index in [4.69, 9.17) is 4.74 Å². The lowest BCUT2D eigenvalue weighted by molar-refractivity contribution is 0.0721. The molecule has 110 valence electrons. The van der Waals surface area contributed by atoms with Gasteiger partial charge in [0, 0.05) is 31.7 Å². The van der Waals surface area contributed by atoms with Gasteiger partial charge in [-0.2, -0.15) is 17.4 Å². The first-order valence-corrected chi connectivity index (χ1v) is 8.70. The Hall–Kier alpha value is -0.210. The number of morpholine rings is 1. The second kappa shape index (κ2) is 5.65. The minimum absolute atomic E-state index is 0.0909. The van der Waals surface area contributed by atoms with Crippen molar-refractivity contribution in [3.05, 3.63) is 0 Å². The summed E-state index contributed by atoms with van der Waals surface area (Å²) < 4.78 is 34.4. The Kier molecular flexibility index (Phi) is 4.09. The summed E-state index contributed by atoms with van der Waals surface area (Å²) in [6.45, 7) is 4.09. The van der Waals surface area contributed by atoms with Crippen LogP contribution in [0.25, 0.3) is 0 Å². The summed E-state index contributed by atoms with van der Waals surface area (Å²) in [4.78, 5) is 2.44. The third kappa shape index (κ3) is 2.95. The van der Waals surface area contributed by atoms with Gasteiger partial charge in [-0.15, -0.1) is 0 Å². The van der Waals surface area contributed by atoms with E-state index >= 15 is 0 Å². The topological polar surface area (TPSA) is 61.9 Å². The van der Waals surface area contributed by atoms with Crippen LogP contribution in [0.2, 0.25) is 0 Å². The molecule has 0 aromatic heterocycles. The molecule has 3 fully saturated rings. The van der Waals surface area contributed by atoms with Crippen molar-refractivity contribution in [1.82, 2.24) is 13.9 Å². The normalized spacial score (nSPS) is 34.3. The van der Waals surface area contributed by atoms with E-state index in [-0.39, 0.29) is 6.04 Å². The molecular formula is C12H23N3O3S. The van der Waals surface area contributed by atoms with Gasteiger partial charge >= 0.3 is 0 Å². The highest BCUT2D eigenvalue weighted by Crippen LogP contribution is 2.27. The number of nitrogens with one attached hydrogen (secondary N) is 1. The number of nitrogens with zero attached hydrogens (tertiary/aromatic N) is 2. The lowest BCUT2D eigenvalue weighted by Gasteiger charge is -2.34. The maximum atomic E-state index is 12.4. The summed E-state index contributed by atoms with van der Waals surface area (Å²) in [5.41, 5.74) is 0. The molecule has 0 aliphatic carbocycles. The summed E-state index contributed by atoms with van der Waals surface area (Å²) >= 11 is 0. The van der Waals surface area contributed by atoms with Gasteiger partial charge in [0.1, 0.15) is 0 Å². The van der Waals surface area contributed by atoms with Crippen LogP contribution in [0.5, 0.6) is 0 Å². The molecule has 3 aliphatic heterocycles. The molecule has 0 amide bonds. The molecular weight excluding hydrogens is 266 g/mol. The molecule has 1 N–H and O–H groups in total. The van der Waals surface area contributed by atoms with E-state index < -0.39 is 10.2 Å². The molecule has 19 heavy (non-hydrogen) atoms. The molecule has 3 saturated heterocycles. The monoisotopic (exact) mass is 289 g/mol. The molecule has 0 bridgehead atoms. The van der Waals surface area contributed by atoms with Crippen molar-refractivity contribution in [3.8, 4) is 0 Å². The highest BCUT2D eigenvalue weighted by molar-refractivity contribution is 7.87. The van der Waals surface area contributed by atoms with Crippen LogP contribution in [0, 0.1) is 0 Å². The Morgan fingerprint density at radius 3 is 2.58 bits per heavy atom. The van der Waals surface area contributed by atoms with E-state index in [1.807, 2.05) is 0 Å². The molecule has 6 nitrogen and oxygen atoms in total. The zero-order valence-electron chi connectivity index (χ0n) is 11.3. The van der Waals surface area contributed by atoms with Crippen molar-refractivity contribution < 1.29 is 13.2 Å². The Morgan fingerprint density at radius 2 is 1.79 bits per heavy atom. The molecule has 3 heterocycles. The van der Waals surface area contributed by atoms with Crippen LogP contribution in [-0.2, 0) is 14.9 Å². The first-order chi connectivity index (χ1) is 9.17. The predicted octanol–water partition coefficient (Wildman–Crippen LogP) is -0.220. The van der Waals surface area contributed by atoms with Crippen LogP contribution < -0.4 is 4.72 Å². The second-order valence-corrected chi connectivity index (χ2v) is 7.33. The minimum Gasteiger partial charge on any atom is -0.379 e. The summed E-state index contributed by atoms with van der Waals surface area (Å²) in [7, 11) is -3.34. The second-order valence-electron chi connectivity index (χ2n) is 5.63. The van der Waals surface area contributed by atoms with Crippen LogP contribution >= 0.6 is 0 Å². The van der Waals surface area contributed by atoms with Crippen LogP contribution in [0.4, 0.5) is 0 Å². The largest absolute Gasteiger partial charge is 0.379 e. The molecule has 0 aromatic carbocycles. The number of rotatable bonds is 3. The lowest BCUT2D eigenvalue weighted by atomic mass is 10.00. The first kappa shape index (κ1) is 13.8. The molecule has 3 aliphatic rings. The fraction of sp³-hybridized carbons (Fsp3) is 1.00. The zero-order chi connectivity index (χ0) is 13.3. The first-order valence-electron chi connectivity index (χ1n) is 7.26. The lowest BCUT2D eigenvalue weighted by Crippen LogP contribution is -2.53.